The first-order chi connectivity index (χ1) is 8.33. The lowest BCUT2D eigenvalue weighted by Gasteiger charge is -2.28. The van der Waals surface area contributed by atoms with Crippen molar-refractivity contribution in [2.75, 3.05) is 26.2 Å². The smallest absolute Gasteiger partial charge is 0.222 e. The highest BCUT2D eigenvalue weighted by Gasteiger charge is 2.32. The largest absolute Gasteiger partial charge is 0.343 e. The third-order valence-electron chi connectivity index (χ3n) is 5.06. The van der Waals surface area contributed by atoms with Crippen molar-refractivity contribution in [1.82, 2.24) is 10.2 Å². The molecule has 0 unspecified atom stereocenters. The Morgan fingerprint density at radius 3 is 2.24 bits per heavy atom. The monoisotopic (exact) mass is 236 g/mol. The summed E-state index contributed by atoms with van der Waals surface area (Å²) in [6, 6.07) is 0. The molecule has 3 rings (SSSR count). The van der Waals surface area contributed by atoms with Crippen molar-refractivity contribution >= 4 is 5.91 Å². The third-order valence-corrected chi connectivity index (χ3v) is 5.06. The minimum Gasteiger partial charge on any atom is -0.343 e. The normalized spacial score (nSPS) is 34.0. The van der Waals surface area contributed by atoms with Gasteiger partial charge in [-0.15, -0.1) is 0 Å². The highest BCUT2D eigenvalue weighted by molar-refractivity contribution is 5.76. The number of rotatable bonds is 2. The van der Waals surface area contributed by atoms with Gasteiger partial charge in [0.15, 0.2) is 0 Å². The van der Waals surface area contributed by atoms with E-state index in [1.807, 2.05) is 0 Å². The second kappa shape index (κ2) is 4.97. The van der Waals surface area contributed by atoms with Crippen molar-refractivity contribution in [2.24, 2.45) is 17.8 Å². The molecule has 0 bridgehead atoms. The summed E-state index contributed by atoms with van der Waals surface area (Å²) in [5.41, 5.74) is 0. The van der Waals surface area contributed by atoms with Gasteiger partial charge in [-0.1, -0.05) is 6.42 Å². The van der Waals surface area contributed by atoms with Crippen LogP contribution in [0.25, 0.3) is 0 Å². The molecule has 2 heterocycles. The van der Waals surface area contributed by atoms with Gasteiger partial charge in [0, 0.05) is 19.5 Å². The Balaban J connectivity index is 1.51. The van der Waals surface area contributed by atoms with Gasteiger partial charge in [0.25, 0.3) is 0 Å². The molecule has 0 aromatic carbocycles. The topological polar surface area (TPSA) is 32.3 Å². The van der Waals surface area contributed by atoms with E-state index in [2.05, 4.69) is 10.2 Å². The minimum atomic E-state index is 0.433. The molecule has 96 valence electrons. The first-order valence-corrected chi connectivity index (χ1v) is 7.31. The molecule has 2 saturated heterocycles. The van der Waals surface area contributed by atoms with Crippen molar-refractivity contribution in [3.8, 4) is 0 Å². The van der Waals surface area contributed by atoms with E-state index in [1.165, 1.54) is 45.2 Å². The van der Waals surface area contributed by atoms with E-state index in [-0.39, 0.29) is 0 Å². The molecule has 2 aliphatic heterocycles. The Morgan fingerprint density at radius 1 is 1.06 bits per heavy atom. The third kappa shape index (κ3) is 2.49. The fourth-order valence-corrected chi connectivity index (χ4v) is 3.54. The maximum atomic E-state index is 12.2. The molecule has 1 N–H and O–H groups in total. The molecule has 3 aliphatic rings. The lowest BCUT2D eigenvalue weighted by atomic mass is 9.82. The summed E-state index contributed by atoms with van der Waals surface area (Å²) in [4.78, 5) is 14.3. The van der Waals surface area contributed by atoms with E-state index in [1.54, 1.807) is 0 Å². The number of carbonyl (C=O) groups is 1. The van der Waals surface area contributed by atoms with Gasteiger partial charge in [-0.3, -0.25) is 4.79 Å². The van der Waals surface area contributed by atoms with Crippen LogP contribution in [0.5, 0.6) is 0 Å². The van der Waals surface area contributed by atoms with Crippen molar-refractivity contribution in [3.63, 3.8) is 0 Å². The van der Waals surface area contributed by atoms with Gasteiger partial charge in [0.1, 0.15) is 0 Å². The summed E-state index contributed by atoms with van der Waals surface area (Å²) in [6.45, 7) is 4.37. The van der Waals surface area contributed by atoms with Crippen molar-refractivity contribution < 1.29 is 4.79 Å². The maximum Gasteiger partial charge on any atom is 0.222 e. The SMILES string of the molecule is O=C(CC1CCC1)N1CC[C@@H]2CNC[C@@H]2CC1. The first kappa shape index (κ1) is 11.5. The molecule has 2 atom stereocenters. The maximum absolute atomic E-state index is 12.2. The van der Waals surface area contributed by atoms with Gasteiger partial charge < -0.3 is 10.2 Å². The fourth-order valence-electron chi connectivity index (χ4n) is 3.54. The Kier molecular flexibility index (Phi) is 3.37. The molecule has 1 saturated carbocycles. The predicted octanol–water partition coefficient (Wildman–Crippen LogP) is 1.63. The van der Waals surface area contributed by atoms with E-state index in [0.29, 0.717) is 11.8 Å². The zero-order chi connectivity index (χ0) is 11.7. The van der Waals surface area contributed by atoms with Gasteiger partial charge in [0.2, 0.25) is 5.91 Å². The minimum absolute atomic E-state index is 0.433. The average molecular weight is 236 g/mol. The second-order valence-electron chi connectivity index (χ2n) is 6.14. The zero-order valence-corrected chi connectivity index (χ0v) is 10.7. The quantitative estimate of drug-likeness (QED) is 0.790. The van der Waals surface area contributed by atoms with Crippen LogP contribution in [0.15, 0.2) is 0 Å². The molecule has 0 aromatic rings. The van der Waals surface area contributed by atoms with E-state index >= 15 is 0 Å². The average Bonchev–Trinajstić information content (AvgIpc) is 2.62. The van der Waals surface area contributed by atoms with Gasteiger partial charge in [-0.05, 0) is 56.5 Å². The molecule has 17 heavy (non-hydrogen) atoms. The van der Waals surface area contributed by atoms with Crippen molar-refractivity contribution in [3.05, 3.63) is 0 Å². The predicted molar refractivity (Wildman–Crippen MR) is 67.6 cm³/mol. The second-order valence-corrected chi connectivity index (χ2v) is 6.14. The van der Waals surface area contributed by atoms with E-state index in [9.17, 15) is 4.79 Å². The van der Waals surface area contributed by atoms with Gasteiger partial charge in [0.05, 0.1) is 0 Å². The zero-order valence-electron chi connectivity index (χ0n) is 10.7. The Bertz CT molecular complexity index is 274. The molecule has 1 aliphatic carbocycles. The van der Waals surface area contributed by atoms with Crippen LogP contribution >= 0.6 is 0 Å². The van der Waals surface area contributed by atoms with Crippen LogP contribution in [-0.4, -0.2) is 37.0 Å². The Hall–Kier alpha value is -0.570. The summed E-state index contributed by atoms with van der Waals surface area (Å²) < 4.78 is 0. The number of amides is 1. The number of likely N-dealkylation sites (tertiary alicyclic amines) is 1. The highest BCUT2D eigenvalue weighted by Crippen LogP contribution is 2.31. The van der Waals surface area contributed by atoms with E-state index in [0.717, 1.165) is 31.3 Å². The molecule has 1 amide bonds. The van der Waals surface area contributed by atoms with Crippen LogP contribution in [0, 0.1) is 17.8 Å². The summed E-state index contributed by atoms with van der Waals surface area (Å²) in [6.07, 6.45) is 7.17. The number of nitrogens with one attached hydrogen (secondary N) is 1. The molecule has 3 fully saturated rings. The van der Waals surface area contributed by atoms with Gasteiger partial charge in [-0.25, -0.2) is 0 Å². The molecular weight excluding hydrogens is 212 g/mol. The fraction of sp³-hybridized carbons (Fsp3) is 0.929. The summed E-state index contributed by atoms with van der Waals surface area (Å²) >= 11 is 0. The van der Waals surface area contributed by atoms with E-state index in [4.69, 9.17) is 0 Å². The number of hydrogen-bond acceptors (Lipinski definition) is 2. The van der Waals surface area contributed by atoms with Crippen LogP contribution in [0.3, 0.4) is 0 Å². The molecule has 3 heteroatoms. The van der Waals surface area contributed by atoms with Crippen molar-refractivity contribution in [2.45, 2.75) is 38.5 Å². The molecule has 0 aromatic heterocycles. The van der Waals surface area contributed by atoms with Gasteiger partial charge in [-0.2, -0.15) is 0 Å². The number of nitrogens with zero attached hydrogens (tertiary/aromatic N) is 1. The van der Waals surface area contributed by atoms with Crippen LogP contribution in [-0.2, 0) is 4.79 Å². The Labute approximate surface area is 104 Å². The number of carbonyl (C=O) groups excluding carboxylic acids is 1. The van der Waals surface area contributed by atoms with Crippen LogP contribution in [0.2, 0.25) is 0 Å². The lowest BCUT2D eigenvalue weighted by molar-refractivity contribution is -0.132. The van der Waals surface area contributed by atoms with E-state index < -0.39 is 0 Å². The Morgan fingerprint density at radius 2 is 1.71 bits per heavy atom. The summed E-state index contributed by atoms with van der Waals surface area (Å²) in [7, 11) is 0. The summed E-state index contributed by atoms with van der Waals surface area (Å²) in [5.74, 6) is 2.81. The lowest BCUT2D eigenvalue weighted by Crippen LogP contribution is -2.34. The first-order valence-electron chi connectivity index (χ1n) is 7.31. The highest BCUT2D eigenvalue weighted by atomic mass is 16.2. The molecule has 0 spiro atoms. The molecule has 3 nitrogen and oxygen atoms in total. The molecule has 0 radical (unpaired) electrons. The van der Waals surface area contributed by atoms with Crippen LogP contribution in [0.4, 0.5) is 0 Å². The van der Waals surface area contributed by atoms with Crippen LogP contribution in [0.1, 0.15) is 38.5 Å². The van der Waals surface area contributed by atoms with Crippen molar-refractivity contribution in [1.29, 1.82) is 0 Å². The molecular formula is C14H24N2O. The van der Waals surface area contributed by atoms with Gasteiger partial charge >= 0.3 is 0 Å². The van der Waals surface area contributed by atoms with Crippen LogP contribution < -0.4 is 5.32 Å². The number of hydrogen-bond donors (Lipinski definition) is 1. The summed E-state index contributed by atoms with van der Waals surface area (Å²) in [5, 5.41) is 3.48. The number of fused-ring (bicyclic) bond motifs is 1. The standard InChI is InChI=1S/C14H24N2O/c17-14(8-11-2-1-3-11)16-6-4-12-9-15-10-13(12)5-7-16/h11-13,15H,1-10H2/t12-,13+.